The summed E-state index contributed by atoms with van der Waals surface area (Å²) in [5.41, 5.74) is 0. The van der Waals surface area contributed by atoms with Gasteiger partial charge in [0.15, 0.2) is 0 Å². The molecular weight excluding hydrogens is 250 g/mol. The molecule has 0 unspecified atom stereocenters. The van der Waals surface area contributed by atoms with Crippen molar-refractivity contribution in [2.24, 2.45) is 5.92 Å². The van der Waals surface area contributed by atoms with Crippen molar-refractivity contribution < 1.29 is 9.47 Å². The third kappa shape index (κ3) is 4.89. The van der Waals surface area contributed by atoms with Gasteiger partial charge < -0.3 is 9.47 Å². The summed E-state index contributed by atoms with van der Waals surface area (Å²) in [4.78, 5) is 2.50. The molecule has 1 aliphatic rings. The number of ether oxygens (including phenoxy) is 2. The number of methoxy groups -OCH3 is 1. The normalized spacial score (nSPS) is 17.5. The van der Waals surface area contributed by atoms with E-state index in [1.807, 2.05) is 24.3 Å². The maximum absolute atomic E-state index is 5.67. The molecule has 0 atom stereocenters. The summed E-state index contributed by atoms with van der Waals surface area (Å²) >= 11 is 0. The SMILES string of the molecule is COc1cccc(OC/C=C/CN2CCC(C)CC2)c1. The van der Waals surface area contributed by atoms with Gasteiger partial charge in [-0.05, 0) is 44.0 Å². The first kappa shape index (κ1) is 14.9. The molecule has 0 aromatic heterocycles. The lowest BCUT2D eigenvalue weighted by Crippen LogP contribution is -2.32. The molecule has 0 N–H and O–H groups in total. The monoisotopic (exact) mass is 275 g/mol. The lowest BCUT2D eigenvalue weighted by molar-refractivity contribution is 0.210. The van der Waals surface area contributed by atoms with E-state index in [1.54, 1.807) is 7.11 Å². The van der Waals surface area contributed by atoms with E-state index in [0.29, 0.717) is 6.61 Å². The van der Waals surface area contributed by atoms with Gasteiger partial charge >= 0.3 is 0 Å². The third-order valence-corrected chi connectivity index (χ3v) is 3.79. The Morgan fingerprint density at radius 3 is 2.70 bits per heavy atom. The van der Waals surface area contributed by atoms with Crippen LogP contribution in [-0.2, 0) is 0 Å². The third-order valence-electron chi connectivity index (χ3n) is 3.79. The maximum Gasteiger partial charge on any atom is 0.123 e. The molecule has 0 saturated carbocycles. The molecule has 0 radical (unpaired) electrons. The molecule has 1 aromatic carbocycles. The second-order valence-corrected chi connectivity index (χ2v) is 5.44. The topological polar surface area (TPSA) is 21.7 Å². The number of hydrogen-bond acceptors (Lipinski definition) is 3. The van der Waals surface area contributed by atoms with Crippen LogP contribution < -0.4 is 9.47 Å². The van der Waals surface area contributed by atoms with E-state index in [1.165, 1.54) is 25.9 Å². The molecule has 1 aliphatic heterocycles. The molecule has 20 heavy (non-hydrogen) atoms. The fourth-order valence-electron chi connectivity index (χ4n) is 2.37. The largest absolute Gasteiger partial charge is 0.497 e. The molecule has 0 amide bonds. The van der Waals surface area contributed by atoms with Crippen LogP contribution in [-0.4, -0.2) is 38.3 Å². The average molecular weight is 275 g/mol. The Hall–Kier alpha value is -1.48. The summed E-state index contributed by atoms with van der Waals surface area (Å²) in [6.07, 6.45) is 6.95. The molecule has 1 fully saturated rings. The minimum Gasteiger partial charge on any atom is -0.497 e. The second-order valence-electron chi connectivity index (χ2n) is 5.44. The summed E-state index contributed by atoms with van der Waals surface area (Å²) < 4.78 is 10.8. The zero-order valence-corrected chi connectivity index (χ0v) is 12.5. The molecule has 0 bridgehead atoms. The lowest BCUT2D eigenvalue weighted by Gasteiger charge is -2.29. The Bertz CT molecular complexity index is 423. The van der Waals surface area contributed by atoms with Crippen molar-refractivity contribution in [3.63, 3.8) is 0 Å². The van der Waals surface area contributed by atoms with Gasteiger partial charge in [-0.25, -0.2) is 0 Å². The molecule has 1 aromatic rings. The average Bonchev–Trinajstić information content (AvgIpc) is 2.49. The van der Waals surface area contributed by atoms with Crippen molar-refractivity contribution in [3.8, 4) is 11.5 Å². The summed E-state index contributed by atoms with van der Waals surface area (Å²) in [6.45, 7) is 6.44. The van der Waals surface area contributed by atoms with Crippen LogP contribution >= 0.6 is 0 Å². The highest BCUT2D eigenvalue weighted by molar-refractivity contribution is 5.32. The molecule has 3 nitrogen and oxygen atoms in total. The van der Waals surface area contributed by atoms with E-state index in [0.717, 1.165) is 24.0 Å². The fourth-order valence-corrected chi connectivity index (χ4v) is 2.37. The van der Waals surface area contributed by atoms with Crippen LogP contribution in [0.2, 0.25) is 0 Å². The number of benzene rings is 1. The molecule has 0 spiro atoms. The number of piperidine rings is 1. The van der Waals surface area contributed by atoms with Crippen LogP contribution in [0.4, 0.5) is 0 Å². The van der Waals surface area contributed by atoms with Crippen LogP contribution in [0, 0.1) is 5.92 Å². The highest BCUT2D eigenvalue weighted by atomic mass is 16.5. The van der Waals surface area contributed by atoms with Crippen LogP contribution in [0.15, 0.2) is 36.4 Å². The van der Waals surface area contributed by atoms with Gasteiger partial charge in [0, 0.05) is 12.6 Å². The maximum atomic E-state index is 5.67. The van der Waals surface area contributed by atoms with Crippen molar-refractivity contribution >= 4 is 0 Å². The quantitative estimate of drug-likeness (QED) is 0.743. The zero-order chi connectivity index (χ0) is 14.2. The molecule has 110 valence electrons. The number of hydrogen-bond donors (Lipinski definition) is 0. The van der Waals surface area contributed by atoms with Crippen molar-refractivity contribution in [1.29, 1.82) is 0 Å². The molecule has 1 heterocycles. The Kier molecular flexibility index (Phi) is 5.93. The van der Waals surface area contributed by atoms with E-state index in [9.17, 15) is 0 Å². The minimum absolute atomic E-state index is 0.609. The number of nitrogens with zero attached hydrogens (tertiary/aromatic N) is 1. The van der Waals surface area contributed by atoms with Crippen LogP contribution in [0.5, 0.6) is 11.5 Å². The van der Waals surface area contributed by atoms with E-state index < -0.39 is 0 Å². The molecule has 2 rings (SSSR count). The Morgan fingerprint density at radius 2 is 1.95 bits per heavy atom. The van der Waals surface area contributed by atoms with Gasteiger partial charge in [-0.15, -0.1) is 0 Å². The van der Waals surface area contributed by atoms with Gasteiger partial charge in [-0.2, -0.15) is 0 Å². The summed E-state index contributed by atoms with van der Waals surface area (Å²) in [6, 6.07) is 7.70. The molecule has 0 aliphatic carbocycles. The minimum atomic E-state index is 0.609. The van der Waals surface area contributed by atoms with E-state index in [2.05, 4.69) is 24.0 Å². The number of rotatable bonds is 6. The standard InChI is InChI=1S/C17H25NO2/c1-15-8-11-18(12-9-15)10-3-4-13-20-17-7-5-6-16(14-17)19-2/h3-7,14-15H,8-13H2,1-2H3/b4-3+. The second kappa shape index (κ2) is 7.95. The van der Waals surface area contributed by atoms with Gasteiger partial charge in [-0.1, -0.05) is 25.1 Å². The summed E-state index contributed by atoms with van der Waals surface area (Å²) in [5.74, 6) is 2.57. The van der Waals surface area contributed by atoms with E-state index in [4.69, 9.17) is 9.47 Å². The van der Waals surface area contributed by atoms with Gasteiger partial charge in [0.2, 0.25) is 0 Å². The van der Waals surface area contributed by atoms with Crippen molar-refractivity contribution in [1.82, 2.24) is 4.90 Å². The van der Waals surface area contributed by atoms with Gasteiger partial charge in [0.1, 0.15) is 18.1 Å². The first-order valence-electron chi connectivity index (χ1n) is 7.42. The molecular formula is C17H25NO2. The highest BCUT2D eigenvalue weighted by Crippen LogP contribution is 2.18. The van der Waals surface area contributed by atoms with Crippen LogP contribution in [0.25, 0.3) is 0 Å². The van der Waals surface area contributed by atoms with Crippen molar-refractivity contribution in [2.75, 3.05) is 33.4 Å². The zero-order valence-electron chi connectivity index (χ0n) is 12.5. The van der Waals surface area contributed by atoms with Crippen LogP contribution in [0.1, 0.15) is 19.8 Å². The first-order chi connectivity index (χ1) is 9.78. The van der Waals surface area contributed by atoms with E-state index >= 15 is 0 Å². The van der Waals surface area contributed by atoms with Crippen molar-refractivity contribution in [2.45, 2.75) is 19.8 Å². The highest BCUT2D eigenvalue weighted by Gasteiger charge is 2.13. The van der Waals surface area contributed by atoms with Gasteiger partial charge in [0.25, 0.3) is 0 Å². The summed E-state index contributed by atoms with van der Waals surface area (Å²) in [5, 5.41) is 0. The van der Waals surface area contributed by atoms with Crippen LogP contribution in [0.3, 0.4) is 0 Å². The Balaban J connectivity index is 1.66. The smallest absolute Gasteiger partial charge is 0.123 e. The predicted molar refractivity (Wildman–Crippen MR) is 82.5 cm³/mol. The number of likely N-dealkylation sites (tertiary alicyclic amines) is 1. The Labute approximate surface area is 122 Å². The van der Waals surface area contributed by atoms with Crippen molar-refractivity contribution in [3.05, 3.63) is 36.4 Å². The summed E-state index contributed by atoms with van der Waals surface area (Å²) in [7, 11) is 1.67. The lowest BCUT2D eigenvalue weighted by atomic mass is 9.99. The molecule has 3 heteroatoms. The Morgan fingerprint density at radius 1 is 1.20 bits per heavy atom. The van der Waals surface area contributed by atoms with Gasteiger partial charge in [-0.3, -0.25) is 4.90 Å². The first-order valence-corrected chi connectivity index (χ1v) is 7.42. The van der Waals surface area contributed by atoms with E-state index in [-0.39, 0.29) is 0 Å². The molecule has 1 saturated heterocycles. The fraction of sp³-hybridized carbons (Fsp3) is 0.529. The predicted octanol–water partition coefficient (Wildman–Crippen LogP) is 3.36. The van der Waals surface area contributed by atoms with Gasteiger partial charge in [0.05, 0.1) is 7.11 Å².